The Labute approximate surface area is 223 Å². The fourth-order valence-electron chi connectivity index (χ4n) is 4.72. The molecule has 0 radical (unpaired) electrons. The number of ether oxygens (including phenoxy) is 2. The van der Waals surface area contributed by atoms with Crippen molar-refractivity contribution in [2.75, 3.05) is 19.8 Å². The minimum Gasteiger partial charge on any atom is -0.474 e. The van der Waals surface area contributed by atoms with Crippen LogP contribution in [0.4, 0.5) is 4.79 Å². The third-order valence-electron chi connectivity index (χ3n) is 6.79. The quantitative estimate of drug-likeness (QED) is 0.465. The van der Waals surface area contributed by atoms with Crippen LogP contribution in [0.25, 0.3) is 0 Å². The molecule has 10 nitrogen and oxygen atoms in total. The van der Waals surface area contributed by atoms with Gasteiger partial charge in [-0.15, -0.1) is 0 Å². The maximum absolute atomic E-state index is 11.8. The van der Waals surface area contributed by atoms with Crippen molar-refractivity contribution in [1.29, 1.82) is 0 Å². The van der Waals surface area contributed by atoms with Crippen molar-refractivity contribution in [1.82, 2.24) is 14.9 Å². The average Bonchev–Trinajstić information content (AvgIpc) is 2.92. The van der Waals surface area contributed by atoms with Gasteiger partial charge < -0.3 is 19.5 Å². The van der Waals surface area contributed by atoms with E-state index < -0.39 is 17.5 Å². The van der Waals surface area contributed by atoms with Crippen molar-refractivity contribution in [2.45, 2.75) is 44.2 Å². The highest BCUT2D eigenvalue weighted by atomic mass is 32.2. The lowest BCUT2D eigenvalue weighted by Crippen LogP contribution is -2.49. The van der Waals surface area contributed by atoms with E-state index in [1.807, 2.05) is 61.5 Å². The van der Waals surface area contributed by atoms with Crippen LogP contribution in [0.1, 0.15) is 35.4 Å². The second-order valence-electron chi connectivity index (χ2n) is 9.33. The lowest BCUT2D eigenvalue weighted by atomic mass is 9.94. The fraction of sp³-hybridized carbons (Fsp3) is 0.370. The number of carboxylic acid groups (broad SMARTS) is 1. The molecule has 0 saturated carbocycles. The highest BCUT2D eigenvalue weighted by Crippen LogP contribution is 2.31. The molecular weight excluding hydrogens is 510 g/mol. The molecule has 0 spiro atoms. The van der Waals surface area contributed by atoms with E-state index in [1.165, 1.54) is 11.2 Å². The van der Waals surface area contributed by atoms with Gasteiger partial charge in [-0.3, -0.25) is 8.37 Å². The molecule has 3 heterocycles. The summed E-state index contributed by atoms with van der Waals surface area (Å²) in [5.74, 6) is 1.40. The zero-order chi connectivity index (χ0) is 26.5. The lowest BCUT2D eigenvalue weighted by Gasteiger charge is -2.37. The van der Waals surface area contributed by atoms with Crippen LogP contribution in [0.15, 0.2) is 60.9 Å². The second kappa shape index (κ2) is 11.9. The Hall–Kier alpha value is -3.54. The minimum absolute atomic E-state index is 0.000741. The summed E-state index contributed by atoms with van der Waals surface area (Å²) >= 11 is -1.67. The first-order chi connectivity index (χ1) is 18.5. The van der Waals surface area contributed by atoms with Gasteiger partial charge in [0, 0.05) is 31.3 Å². The summed E-state index contributed by atoms with van der Waals surface area (Å²) in [7, 11) is 0. The Morgan fingerprint density at radius 2 is 1.79 bits per heavy atom. The number of benzene rings is 2. The lowest BCUT2D eigenvalue weighted by molar-refractivity contribution is 0.0520. The zero-order valence-corrected chi connectivity index (χ0v) is 21.7. The summed E-state index contributed by atoms with van der Waals surface area (Å²) in [5, 5.41) is 9.71. The van der Waals surface area contributed by atoms with Crippen LogP contribution >= 0.6 is 0 Å². The molecule has 200 valence electrons. The molecule has 1 amide bonds. The predicted octanol–water partition coefficient (Wildman–Crippen LogP) is 4.42. The molecule has 2 aliphatic heterocycles. The molecule has 0 aliphatic carbocycles. The van der Waals surface area contributed by atoms with Gasteiger partial charge in [-0.1, -0.05) is 42.5 Å². The number of amides is 1. The maximum atomic E-state index is 11.8. The average molecular weight is 540 g/mol. The summed E-state index contributed by atoms with van der Waals surface area (Å²) in [5.41, 5.74) is 2.74. The smallest absolute Gasteiger partial charge is 0.407 e. The van der Waals surface area contributed by atoms with Gasteiger partial charge in [-0.25, -0.2) is 14.8 Å². The van der Waals surface area contributed by atoms with E-state index in [2.05, 4.69) is 9.97 Å². The van der Waals surface area contributed by atoms with Crippen LogP contribution in [-0.4, -0.2) is 62.2 Å². The van der Waals surface area contributed by atoms with Crippen LogP contribution < -0.4 is 9.47 Å². The van der Waals surface area contributed by atoms with Crippen molar-refractivity contribution in [3.8, 4) is 17.5 Å². The number of piperidine rings is 1. The van der Waals surface area contributed by atoms with E-state index in [1.54, 1.807) is 0 Å². The third-order valence-corrected chi connectivity index (χ3v) is 7.45. The van der Waals surface area contributed by atoms with Gasteiger partial charge in [-0.2, -0.15) is 4.21 Å². The molecule has 38 heavy (non-hydrogen) atoms. The monoisotopic (exact) mass is 539 g/mol. The predicted molar refractivity (Wildman–Crippen MR) is 138 cm³/mol. The number of aromatic nitrogens is 2. The number of carbonyl (C=O) groups is 1. The normalized spacial score (nSPS) is 23.6. The topological polar surface area (TPSA) is 120 Å². The van der Waals surface area contributed by atoms with Gasteiger partial charge in [-0.05, 0) is 36.6 Å². The summed E-state index contributed by atoms with van der Waals surface area (Å²) in [4.78, 5) is 21.9. The first-order valence-corrected chi connectivity index (χ1v) is 13.4. The van der Waals surface area contributed by atoms with E-state index in [-0.39, 0.29) is 18.1 Å². The van der Waals surface area contributed by atoms with E-state index >= 15 is 0 Å². The van der Waals surface area contributed by atoms with Crippen molar-refractivity contribution in [2.24, 2.45) is 0 Å². The minimum atomic E-state index is -1.67. The van der Waals surface area contributed by atoms with Crippen molar-refractivity contribution in [3.05, 3.63) is 77.6 Å². The fourth-order valence-corrected chi connectivity index (χ4v) is 5.34. The molecule has 2 fully saturated rings. The van der Waals surface area contributed by atoms with Crippen LogP contribution in [0.5, 0.6) is 17.5 Å². The highest BCUT2D eigenvalue weighted by Gasteiger charge is 2.33. The number of rotatable bonds is 7. The van der Waals surface area contributed by atoms with E-state index in [0.29, 0.717) is 62.1 Å². The SMILES string of the molecule is Cc1c(Oc2ccc(C3COS(=O)OC3)cc2)ncnc1O[C@@H]1CCN(C(=O)O)[C@@H](Cc2ccccc2)C1. The number of likely N-dealkylation sites (tertiary alicyclic amines) is 1. The molecule has 3 aromatic rings. The summed E-state index contributed by atoms with van der Waals surface area (Å²) < 4.78 is 33.6. The Bertz CT molecular complexity index is 1270. The van der Waals surface area contributed by atoms with Gasteiger partial charge >= 0.3 is 17.5 Å². The molecule has 11 heteroatoms. The van der Waals surface area contributed by atoms with Crippen molar-refractivity contribution < 1.29 is 31.9 Å². The molecule has 2 atom stereocenters. The largest absolute Gasteiger partial charge is 0.474 e. The van der Waals surface area contributed by atoms with Crippen LogP contribution in [-0.2, 0) is 26.1 Å². The molecule has 2 aliphatic rings. The van der Waals surface area contributed by atoms with Crippen LogP contribution in [0.3, 0.4) is 0 Å². The van der Waals surface area contributed by atoms with E-state index in [9.17, 15) is 14.1 Å². The second-order valence-corrected chi connectivity index (χ2v) is 10.2. The summed E-state index contributed by atoms with van der Waals surface area (Å²) in [6.45, 7) is 2.89. The number of nitrogens with zero attached hydrogens (tertiary/aromatic N) is 3. The molecule has 0 unspecified atom stereocenters. The molecule has 0 bridgehead atoms. The summed E-state index contributed by atoms with van der Waals surface area (Å²) in [6, 6.07) is 17.2. The van der Waals surface area contributed by atoms with E-state index in [4.69, 9.17) is 17.8 Å². The highest BCUT2D eigenvalue weighted by molar-refractivity contribution is 7.75. The van der Waals surface area contributed by atoms with Gasteiger partial charge in [0.2, 0.25) is 11.8 Å². The molecule has 1 N–H and O–H groups in total. The van der Waals surface area contributed by atoms with Gasteiger partial charge in [0.15, 0.2) is 0 Å². The zero-order valence-electron chi connectivity index (χ0n) is 20.9. The van der Waals surface area contributed by atoms with Gasteiger partial charge in [0.1, 0.15) is 18.2 Å². The van der Waals surface area contributed by atoms with Crippen molar-refractivity contribution >= 4 is 17.5 Å². The third kappa shape index (κ3) is 6.29. The van der Waals surface area contributed by atoms with E-state index in [0.717, 1.165) is 11.1 Å². The summed E-state index contributed by atoms with van der Waals surface area (Å²) in [6.07, 6.45) is 2.05. The molecule has 5 rings (SSSR count). The first kappa shape index (κ1) is 26.1. The van der Waals surface area contributed by atoms with Crippen molar-refractivity contribution in [3.63, 3.8) is 0 Å². The number of hydrogen-bond acceptors (Lipinski definition) is 8. The molecule has 2 saturated heterocycles. The Morgan fingerprint density at radius 3 is 2.50 bits per heavy atom. The molecular formula is C27H29N3O7S. The van der Waals surface area contributed by atoms with Gasteiger partial charge in [0.05, 0.1) is 18.8 Å². The van der Waals surface area contributed by atoms with Gasteiger partial charge in [0.25, 0.3) is 0 Å². The van der Waals surface area contributed by atoms with Crippen LogP contribution in [0, 0.1) is 6.92 Å². The number of hydrogen-bond donors (Lipinski definition) is 1. The molecule has 1 aromatic heterocycles. The van der Waals surface area contributed by atoms with Crippen LogP contribution in [0.2, 0.25) is 0 Å². The standard InChI is InChI=1S/C27H29N3O7S/c1-18-25(36-23-9-7-20(8-10-23)21-15-34-38(33)35-16-21)28-17-29-26(18)37-24-11-12-30(27(31)32)22(14-24)13-19-5-3-2-4-6-19/h2-10,17,21-22,24H,11-16H2,1H3,(H,31,32)/t21?,22-,24+,38?/m0/s1. The Balaban J connectivity index is 1.24. The molecule has 2 aromatic carbocycles. The first-order valence-electron chi connectivity index (χ1n) is 12.4. The maximum Gasteiger partial charge on any atom is 0.407 e. The Kier molecular flexibility index (Phi) is 8.16. The Morgan fingerprint density at radius 1 is 1.08 bits per heavy atom.